The van der Waals surface area contributed by atoms with Crippen molar-refractivity contribution in [3.8, 4) is 0 Å². The van der Waals surface area contributed by atoms with Gasteiger partial charge < -0.3 is 42.9 Å². The van der Waals surface area contributed by atoms with Gasteiger partial charge in [0, 0.05) is 5.92 Å². The molecule has 15 nitrogen and oxygen atoms in total. The number of amides is 6. The fourth-order valence-electron chi connectivity index (χ4n) is 4.17. The smallest absolute Gasteiger partial charge is 0.243 e. The van der Waals surface area contributed by atoms with Crippen LogP contribution < -0.4 is 43.5 Å². The van der Waals surface area contributed by atoms with Crippen LogP contribution in [0.15, 0.2) is 0 Å². The number of hydrogen-bond acceptors (Lipinski definition) is 9. The average Bonchev–Trinajstić information content (AvgIpc) is 2.96. The molecular weight excluding hydrogens is 548 g/mol. The highest BCUT2D eigenvalue weighted by Crippen LogP contribution is 2.13. The Labute approximate surface area is 247 Å². The number of nitrogens with one attached hydrogen (secondary N) is 6. The van der Waals surface area contributed by atoms with Crippen LogP contribution in [0.3, 0.4) is 0 Å². The summed E-state index contributed by atoms with van der Waals surface area (Å²) in [5.41, 5.74) is 13.7. The van der Waals surface area contributed by atoms with Gasteiger partial charge in [0.25, 0.3) is 0 Å². The quantitative estimate of drug-likeness (QED) is 0.145. The van der Waals surface area contributed by atoms with E-state index in [4.69, 9.17) is 16.3 Å². The Kier molecular flexibility index (Phi) is 16.6. The van der Waals surface area contributed by atoms with Crippen LogP contribution in [-0.2, 0) is 33.6 Å². The zero-order valence-corrected chi connectivity index (χ0v) is 25.4. The molecule has 0 aliphatic carbocycles. The Morgan fingerprint density at radius 3 is 1.64 bits per heavy atom. The van der Waals surface area contributed by atoms with Crippen LogP contribution in [0.25, 0.3) is 0 Å². The predicted molar refractivity (Wildman–Crippen MR) is 155 cm³/mol. The van der Waals surface area contributed by atoms with Crippen molar-refractivity contribution >= 4 is 35.4 Å². The van der Waals surface area contributed by atoms with E-state index >= 15 is 0 Å². The molecule has 0 saturated carbocycles. The molecule has 240 valence electrons. The molecule has 0 aromatic rings. The van der Waals surface area contributed by atoms with Crippen LogP contribution in [0, 0.1) is 11.8 Å². The lowest BCUT2D eigenvalue weighted by atomic mass is 9.95. The Bertz CT molecular complexity index is 934. The molecule has 15 heteroatoms. The average molecular weight is 599 g/mol. The Morgan fingerprint density at radius 2 is 1.19 bits per heavy atom. The molecule has 1 aliphatic heterocycles. The fraction of sp³-hybridized carbons (Fsp3) is 0.778. The zero-order chi connectivity index (χ0) is 31.8. The van der Waals surface area contributed by atoms with Gasteiger partial charge in [-0.3, -0.25) is 28.8 Å². The summed E-state index contributed by atoms with van der Waals surface area (Å²) in [7, 11) is 0. The monoisotopic (exact) mass is 598 g/mol. The highest BCUT2D eigenvalue weighted by atomic mass is 16.6. The first-order valence-corrected chi connectivity index (χ1v) is 14.8. The van der Waals surface area contributed by atoms with Crippen LogP contribution in [0.4, 0.5) is 0 Å². The molecule has 1 fully saturated rings. The second-order valence-electron chi connectivity index (χ2n) is 10.6. The van der Waals surface area contributed by atoms with Gasteiger partial charge in [0.05, 0.1) is 13.2 Å². The van der Waals surface area contributed by atoms with Crippen LogP contribution in [0.5, 0.6) is 0 Å². The van der Waals surface area contributed by atoms with Crippen molar-refractivity contribution in [2.24, 2.45) is 23.3 Å². The number of hydroxylamine groups is 1. The highest BCUT2D eigenvalue weighted by molar-refractivity contribution is 5.96. The third-order valence-electron chi connectivity index (χ3n) is 7.37. The lowest BCUT2D eigenvalue weighted by Gasteiger charge is -2.26. The van der Waals surface area contributed by atoms with E-state index in [0.29, 0.717) is 25.8 Å². The molecule has 6 amide bonds. The molecule has 1 rings (SSSR count). The van der Waals surface area contributed by atoms with Gasteiger partial charge >= 0.3 is 0 Å². The number of carbonyl (C=O) groups is 6. The van der Waals surface area contributed by atoms with Gasteiger partial charge in [0.2, 0.25) is 35.4 Å². The summed E-state index contributed by atoms with van der Waals surface area (Å²) < 4.78 is 0. The van der Waals surface area contributed by atoms with Crippen molar-refractivity contribution in [2.75, 3.05) is 19.7 Å². The first-order chi connectivity index (χ1) is 19.9. The van der Waals surface area contributed by atoms with E-state index in [2.05, 4.69) is 32.1 Å². The summed E-state index contributed by atoms with van der Waals surface area (Å²) in [6.45, 7) is 8.90. The minimum atomic E-state index is -1.15. The van der Waals surface area contributed by atoms with E-state index in [-0.39, 0.29) is 44.2 Å². The maximum atomic E-state index is 13.3. The van der Waals surface area contributed by atoms with Gasteiger partial charge in [-0.15, -0.1) is 0 Å². The normalized spacial score (nSPS) is 29.7. The second-order valence-corrected chi connectivity index (χ2v) is 10.6. The molecule has 1 aliphatic rings. The lowest BCUT2D eigenvalue weighted by Crippen LogP contribution is -2.59. The number of unbranched alkanes of at least 4 members (excludes halogenated alkanes) is 1. The summed E-state index contributed by atoms with van der Waals surface area (Å²) in [6, 6.07) is -5.03. The van der Waals surface area contributed by atoms with E-state index in [0.717, 1.165) is 0 Å². The molecule has 0 bridgehead atoms. The molecule has 0 aromatic carbocycles. The summed E-state index contributed by atoms with van der Waals surface area (Å²) in [6.07, 6.45) is 2.19. The van der Waals surface area contributed by atoms with E-state index in [1.54, 1.807) is 34.6 Å². The number of hydrogen-bond donors (Lipinski definition) is 8. The van der Waals surface area contributed by atoms with Crippen LogP contribution >= 0.6 is 0 Å². The lowest BCUT2D eigenvalue weighted by molar-refractivity contribution is -0.135. The maximum absolute atomic E-state index is 13.3. The molecule has 1 saturated heterocycles. The standard InChI is InChI=1S/C27H50N8O7/c1-6-17-24(38)32-19(8-3)26(40)35-21(22(29)36)13-30-42-14-15(4)16(5)23(37)34-20(11-9-10-12-28)27(41)33-18(7-2)25(39)31-17/h15-21,30H,6-14,28H2,1-5H3,(H2,29,36)(H,31,39)(H,32,38)(H,33,41)(H,34,37)(H,35,40). The van der Waals surface area contributed by atoms with Crippen LogP contribution in [-0.4, -0.2) is 85.3 Å². The van der Waals surface area contributed by atoms with Gasteiger partial charge in [-0.25, -0.2) is 0 Å². The summed E-state index contributed by atoms with van der Waals surface area (Å²) >= 11 is 0. The van der Waals surface area contributed by atoms with Gasteiger partial charge in [-0.1, -0.05) is 34.6 Å². The molecule has 0 aromatic heterocycles. The van der Waals surface area contributed by atoms with E-state index in [1.165, 1.54) is 0 Å². The SMILES string of the molecule is CCC1NC(=O)C(CC)NC(=O)C(CC)NC(=O)C(CCCCN)NC(=O)C(C)C(C)CONCC(C(N)=O)NC1=O. The van der Waals surface area contributed by atoms with Crippen molar-refractivity contribution in [2.45, 2.75) is 103 Å². The van der Waals surface area contributed by atoms with E-state index in [9.17, 15) is 28.8 Å². The molecule has 0 spiro atoms. The molecule has 10 N–H and O–H groups in total. The van der Waals surface area contributed by atoms with E-state index in [1.807, 2.05) is 0 Å². The van der Waals surface area contributed by atoms with Crippen molar-refractivity contribution in [1.29, 1.82) is 0 Å². The number of carbonyl (C=O) groups excluding carboxylic acids is 6. The minimum absolute atomic E-state index is 0.0716. The molecule has 0 radical (unpaired) electrons. The van der Waals surface area contributed by atoms with Crippen molar-refractivity contribution in [1.82, 2.24) is 32.1 Å². The predicted octanol–water partition coefficient (Wildman–Crippen LogP) is -1.94. The Hall–Kier alpha value is -3.30. The second kappa shape index (κ2) is 19.0. The van der Waals surface area contributed by atoms with Gasteiger partial charge in [0.15, 0.2) is 0 Å². The van der Waals surface area contributed by atoms with Crippen molar-refractivity contribution in [3.05, 3.63) is 0 Å². The summed E-state index contributed by atoms with van der Waals surface area (Å²) in [5.74, 6) is -4.41. The summed E-state index contributed by atoms with van der Waals surface area (Å²) in [4.78, 5) is 82.8. The molecule has 7 unspecified atom stereocenters. The van der Waals surface area contributed by atoms with Gasteiger partial charge in [0.1, 0.15) is 30.2 Å². The molecule has 42 heavy (non-hydrogen) atoms. The van der Waals surface area contributed by atoms with Crippen LogP contribution in [0.1, 0.15) is 73.1 Å². The topological polar surface area (TPSA) is 236 Å². The largest absolute Gasteiger partial charge is 0.368 e. The number of primary amides is 1. The summed E-state index contributed by atoms with van der Waals surface area (Å²) in [5, 5.41) is 13.2. The number of rotatable bonds is 8. The zero-order valence-electron chi connectivity index (χ0n) is 25.4. The molecular formula is C27H50N8O7. The van der Waals surface area contributed by atoms with Crippen molar-refractivity contribution in [3.63, 3.8) is 0 Å². The van der Waals surface area contributed by atoms with Gasteiger partial charge in [-0.05, 0) is 51.0 Å². The third-order valence-corrected chi connectivity index (χ3v) is 7.37. The highest BCUT2D eigenvalue weighted by Gasteiger charge is 2.32. The first kappa shape index (κ1) is 36.7. The van der Waals surface area contributed by atoms with Crippen molar-refractivity contribution < 1.29 is 33.6 Å². The maximum Gasteiger partial charge on any atom is 0.243 e. The van der Waals surface area contributed by atoms with E-state index < -0.39 is 65.7 Å². The Morgan fingerprint density at radius 1 is 0.738 bits per heavy atom. The van der Waals surface area contributed by atoms with Gasteiger partial charge in [-0.2, -0.15) is 5.48 Å². The first-order valence-electron chi connectivity index (χ1n) is 14.8. The Balaban J connectivity index is 3.30. The minimum Gasteiger partial charge on any atom is -0.368 e. The van der Waals surface area contributed by atoms with Crippen LogP contribution in [0.2, 0.25) is 0 Å². The third kappa shape index (κ3) is 11.9. The number of nitrogens with two attached hydrogens (primary N) is 2. The molecule has 7 atom stereocenters. The fourth-order valence-corrected chi connectivity index (χ4v) is 4.17. The molecule has 1 heterocycles.